The first-order valence-corrected chi connectivity index (χ1v) is 6.58. The molecule has 1 aromatic carbocycles. The van der Waals surface area contributed by atoms with E-state index < -0.39 is 20.2 Å². The first-order valence-electron chi connectivity index (χ1n) is 5.95. The van der Waals surface area contributed by atoms with Crippen LogP contribution in [0.4, 0.5) is 0 Å². The molecule has 0 radical (unpaired) electrons. The number of carbonyl (C=O) groups excluding carboxylic acids is 1. The molecular formula is C12H16NO4P. The van der Waals surface area contributed by atoms with Crippen LogP contribution in [-0.2, 0) is 9.53 Å². The van der Waals surface area contributed by atoms with Gasteiger partial charge in [-0.1, -0.05) is 22.9 Å². The highest BCUT2D eigenvalue weighted by Gasteiger charge is 2.19. The van der Waals surface area contributed by atoms with Crippen LogP contribution in [0.15, 0.2) is 35.1 Å². The smallest absolute Gasteiger partial charge is 0.395 e. The van der Waals surface area contributed by atoms with E-state index in [2.05, 4.69) is 4.74 Å². The molecule has 0 aliphatic carbocycles. The van der Waals surface area contributed by atoms with Crippen molar-refractivity contribution in [2.75, 3.05) is 0 Å². The lowest BCUT2D eigenvalue weighted by Crippen LogP contribution is -2.21. The zero-order chi connectivity index (χ0) is 14.5. The molecule has 0 amide bonds. The second-order valence-corrected chi connectivity index (χ2v) is 4.64. The highest BCUT2D eigenvalue weighted by molar-refractivity contribution is 7.34. The Labute approximate surface area is 109 Å². The van der Waals surface area contributed by atoms with E-state index in [9.17, 15) is 9.69 Å². The lowest BCUT2D eigenvalue weighted by atomic mass is 10.3. The Balaban J connectivity index is 2.74. The van der Waals surface area contributed by atoms with E-state index in [0.29, 0.717) is 5.75 Å². The minimum Gasteiger partial charge on any atom is -0.575 e. The van der Waals surface area contributed by atoms with Gasteiger partial charge >= 0.3 is 14.1 Å². The Hall–Kier alpha value is -1.45. The predicted octanol–water partition coefficient (Wildman–Crippen LogP) is 2.26. The van der Waals surface area contributed by atoms with Crippen LogP contribution >= 0.6 is 8.17 Å². The molecule has 18 heavy (non-hydrogen) atoms. The molecule has 0 bridgehead atoms. The van der Waals surface area contributed by atoms with Crippen molar-refractivity contribution >= 4 is 14.1 Å². The maximum absolute atomic E-state index is 11.6. The monoisotopic (exact) mass is 270 g/mol. The second kappa shape index (κ2) is 7.09. The number of nitrogens with zero attached hydrogens (tertiary/aromatic N) is 1. The Morgan fingerprint density at radius 3 is 2.56 bits per heavy atom. The molecule has 1 unspecified atom stereocenters. The van der Waals surface area contributed by atoms with Crippen LogP contribution in [0.25, 0.3) is 0 Å². The molecule has 0 spiro atoms. The summed E-state index contributed by atoms with van der Waals surface area (Å²) >= 11 is 0. The summed E-state index contributed by atoms with van der Waals surface area (Å²) in [6, 6.07) is 6.47. The number of benzene rings is 1. The molecule has 0 saturated heterocycles. The zero-order valence-electron chi connectivity index (χ0n) is 11.5. The van der Waals surface area contributed by atoms with E-state index in [0.717, 1.165) is 0 Å². The van der Waals surface area contributed by atoms with Gasteiger partial charge in [-0.05, 0) is 32.9 Å². The third kappa shape index (κ3) is 5.25. The average Bonchev–Trinajstić information content (AvgIpc) is 2.28. The SMILES string of the molecule is [2H][C@@](C)(N=[P+]([O-])Oc1ccccc1)C(=O)OC(C)C. The third-order valence-corrected chi connectivity index (χ3v) is 2.63. The largest absolute Gasteiger partial charge is 0.575 e. The predicted molar refractivity (Wildman–Crippen MR) is 67.1 cm³/mol. The van der Waals surface area contributed by atoms with E-state index in [-0.39, 0.29) is 6.10 Å². The highest BCUT2D eigenvalue weighted by Crippen LogP contribution is 2.23. The maximum atomic E-state index is 11.6. The fourth-order valence-electron chi connectivity index (χ4n) is 1.05. The van der Waals surface area contributed by atoms with Gasteiger partial charge in [0.25, 0.3) is 0 Å². The lowest BCUT2D eigenvalue weighted by Gasteiger charge is -2.08. The topological polar surface area (TPSA) is 71.0 Å². The summed E-state index contributed by atoms with van der Waals surface area (Å²) in [5, 5.41) is 0. The van der Waals surface area contributed by atoms with Crippen LogP contribution in [0.1, 0.15) is 22.1 Å². The molecule has 98 valence electrons. The summed E-state index contributed by atoms with van der Waals surface area (Å²) < 4.78 is 21.1. The van der Waals surface area contributed by atoms with Gasteiger partial charge < -0.3 is 9.63 Å². The fraction of sp³-hybridized carbons (Fsp3) is 0.417. The summed E-state index contributed by atoms with van der Waals surface area (Å²) in [6.07, 6.45) is -0.361. The molecule has 5 nitrogen and oxygen atoms in total. The number of para-hydroxylation sites is 1. The van der Waals surface area contributed by atoms with Crippen LogP contribution < -0.4 is 9.42 Å². The quantitative estimate of drug-likeness (QED) is 0.607. The molecule has 0 aliphatic heterocycles. The summed E-state index contributed by atoms with van der Waals surface area (Å²) in [5.74, 6) is -0.497. The number of ether oxygens (including phenoxy) is 1. The Bertz CT molecular complexity index is 462. The van der Waals surface area contributed by atoms with E-state index in [1.807, 2.05) is 0 Å². The number of hydrogen-bond donors (Lipinski definition) is 0. The van der Waals surface area contributed by atoms with Crippen molar-refractivity contribution < 1.29 is 20.3 Å². The van der Waals surface area contributed by atoms with Crippen molar-refractivity contribution in [1.29, 1.82) is 0 Å². The Kier molecular flexibility index (Phi) is 5.12. The zero-order valence-corrected chi connectivity index (χ0v) is 11.4. The van der Waals surface area contributed by atoms with Crippen LogP contribution in [0.2, 0.25) is 0 Å². The lowest BCUT2D eigenvalue weighted by molar-refractivity contribution is -0.170. The van der Waals surface area contributed by atoms with Gasteiger partial charge in [-0.15, -0.1) is 0 Å². The van der Waals surface area contributed by atoms with Crippen molar-refractivity contribution in [2.45, 2.75) is 32.9 Å². The van der Waals surface area contributed by atoms with Crippen LogP contribution in [0.5, 0.6) is 5.75 Å². The molecule has 0 aliphatic rings. The normalized spacial score (nSPS) is 15.8. The van der Waals surface area contributed by atoms with E-state index >= 15 is 0 Å². The average molecular weight is 270 g/mol. The van der Waals surface area contributed by atoms with Crippen LogP contribution in [-0.4, -0.2) is 18.1 Å². The van der Waals surface area contributed by atoms with E-state index in [4.69, 9.17) is 10.6 Å². The number of esters is 1. The second-order valence-electron chi connectivity index (χ2n) is 3.78. The third-order valence-electron chi connectivity index (χ3n) is 1.80. The molecular weight excluding hydrogens is 253 g/mol. The molecule has 2 atom stereocenters. The van der Waals surface area contributed by atoms with Crippen LogP contribution in [0, 0.1) is 0 Å². The fourth-order valence-corrected chi connectivity index (χ4v) is 1.72. The summed E-state index contributed by atoms with van der Waals surface area (Å²) in [4.78, 5) is 23.2. The number of hydrogen-bond acceptors (Lipinski definition) is 5. The van der Waals surface area contributed by atoms with Crippen molar-refractivity contribution in [3.63, 3.8) is 0 Å². The molecule has 0 fully saturated rings. The minimum atomic E-state index is -2.52. The molecule has 0 saturated carbocycles. The van der Waals surface area contributed by atoms with Crippen molar-refractivity contribution in [3.05, 3.63) is 30.3 Å². The van der Waals surface area contributed by atoms with Crippen molar-refractivity contribution in [1.82, 2.24) is 0 Å². The van der Waals surface area contributed by atoms with Gasteiger partial charge in [0.15, 0.2) is 11.8 Å². The summed E-state index contributed by atoms with van der Waals surface area (Å²) in [5.41, 5.74) is 0. The molecule has 1 rings (SSSR count). The molecule has 1 aromatic rings. The standard InChI is InChI=1S/C12H16NO4P/c1-9(2)16-12(14)10(3)13-18(15)17-11-7-5-4-6-8-11/h4-10H,1-3H3/t10-/m0/s1/i10D. The summed E-state index contributed by atoms with van der Waals surface area (Å²) in [6.45, 7) is 4.53. The minimum absolute atomic E-state index is 0.361. The molecule has 6 heteroatoms. The van der Waals surface area contributed by atoms with Gasteiger partial charge in [0, 0.05) is 0 Å². The Morgan fingerprint density at radius 1 is 1.39 bits per heavy atom. The first-order chi connectivity index (χ1) is 8.81. The number of carbonyl (C=O) groups is 1. The number of rotatable bonds is 5. The Morgan fingerprint density at radius 2 is 2.00 bits per heavy atom. The van der Waals surface area contributed by atoms with Gasteiger partial charge in [-0.3, -0.25) is 4.52 Å². The van der Waals surface area contributed by atoms with Gasteiger partial charge in [-0.25, -0.2) is 4.79 Å². The molecule has 0 heterocycles. The van der Waals surface area contributed by atoms with Gasteiger partial charge in [-0.2, -0.15) is 0 Å². The molecule has 0 aromatic heterocycles. The van der Waals surface area contributed by atoms with Crippen molar-refractivity contribution in [3.8, 4) is 5.75 Å². The van der Waals surface area contributed by atoms with E-state index in [1.165, 1.54) is 6.92 Å². The summed E-state index contributed by atoms with van der Waals surface area (Å²) in [7, 11) is -2.52. The highest BCUT2D eigenvalue weighted by atomic mass is 31.1. The molecule has 0 N–H and O–H groups in total. The van der Waals surface area contributed by atoms with Gasteiger partial charge in [0.05, 0.1) is 7.47 Å². The first kappa shape index (κ1) is 13.0. The van der Waals surface area contributed by atoms with Crippen LogP contribution in [0.3, 0.4) is 0 Å². The maximum Gasteiger partial charge on any atom is 0.395 e. The van der Waals surface area contributed by atoms with Crippen molar-refractivity contribution in [2.24, 2.45) is 4.74 Å². The van der Waals surface area contributed by atoms with E-state index in [1.54, 1.807) is 44.2 Å². The van der Waals surface area contributed by atoms with Gasteiger partial charge in [0.2, 0.25) is 0 Å². The van der Waals surface area contributed by atoms with Gasteiger partial charge in [0.1, 0.15) is 0 Å².